The number of carbonyl (C=O) groups is 2. The van der Waals surface area contributed by atoms with Gasteiger partial charge in [-0.25, -0.2) is 18.6 Å². The molecule has 4 rings (SSSR count). The van der Waals surface area contributed by atoms with Gasteiger partial charge in [0.15, 0.2) is 0 Å². The van der Waals surface area contributed by atoms with Gasteiger partial charge in [-0.2, -0.15) is 0 Å². The van der Waals surface area contributed by atoms with Gasteiger partial charge in [-0.1, -0.05) is 6.07 Å². The van der Waals surface area contributed by atoms with Crippen molar-refractivity contribution in [1.29, 1.82) is 0 Å². The van der Waals surface area contributed by atoms with Gasteiger partial charge < -0.3 is 24.4 Å². The molecule has 1 saturated heterocycles. The Morgan fingerprint density at radius 1 is 1.20 bits per heavy atom. The summed E-state index contributed by atoms with van der Waals surface area (Å²) in [6, 6.07) is 7.45. The molecule has 0 spiro atoms. The largest absolute Gasteiger partial charge is 0.491 e. The fourth-order valence-electron chi connectivity index (χ4n) is 4.09. The number of pyridine rings is 1. The number of nitrogens with zero attached hydrogens (tertiary/aromatic N) is 3. The second-order valence-electron chi connectivity index (χ2n) is 10.8. The van der Waals surface area contributed by atoms with E-state index in [1.165, 1.54) is 29.7 Å². The first-order chi connectivity index (χ1) is 19.4. The van der Waals surface area contributed by atoms with Crippen molar-refractivity contribution >= 4 is 23.3 Å². The number of nitrogens with one attached hydrogen (secondary N) is 1. The van der Waals surface area contributed by atoms with Crippen LogP contribution in [0.3, 0.4) is 0 Å². The van der Waals surface area contributed by atoms with E-state index in [1.807, 2.05) is 27.7 Å². The molecule has 41 heavy (non-hydrogen) atoms. The van der Waals surface area contributed by atoms with E-state index in [0.29, 0.717) is 42.1 Å². The predicted octanol–water partition coefficient (Wildman–Crippen LogP) is 5.96. The van der Waals surface area contributed by atoms with Crippen molar-refractivity contribution in [1.82, 2.24) is 20.2 Å². The van der Waals surface area contributed by atoms with Gasteiger partial charge >= 0.3 is 6.09 Å². The Labute approximate surface area is 241 Å². The molecule has 1 N–H and O–H groups in total. The van der Waals surface area contributed by atoms with E-state index in [4.69, 9.17) is 14.2 Å². The van der Waals surface area contributed by atoms with Crippen LogP contribution in [0.5, 0.6) is 5.75 Å². The molecule has 1 aliphatic rings. The zero-order valence-corrected chi connectivity index (χ0v) is 24.5. The monoisotopic (exact) mass is 588 g/mol. The average molecular weight is 589 g/mol. The number of thiazole rings is 1. The molecule has 0 unspecified atom stereocenters. The van der Waals surface area contributed by atoms with Crippen molar-refractivity contribution in [3.63, 3.8) is 0 Å². The molecule has 2 amide bonds. The van der Waals surface area contributed by atoms with Gasteiger partial charge in [-0.05, 0) is 64.4 Å². The molecule has 0 bridgehead atoms. The standard InChI is InChI=1S/C29H34F2N4O5S/c1-17-13-33-27(41-17)21-10-20(26(36)34-18(2)19-6-7-24(25(30)31)32-14-19)11-22(12-21)39-16-23-15-35(8-9-38-23)28(37)40-29(3,4)5/h6-7,10-14,18,23,25H,8-9,15-16H2,1-5H3,(H,34,36)/t18-,23-/m1/s1. The van der Waals surface area contributed by atoms with E-state index in [2.05, 4.69) is 15.3 Å². The minimum absolute atomic E-state index is 0.152. The molecule has 1 aliphatic heterocycles. The van der Waals surface area contributed by atoms with Crippen LogP contribution in [-0.2, 0) is 9.47 Å². The van der Waals surface area contributed by atoms with E-state index in [0.717, 1.165) is 9.88 Å². The quantitative estimate of drug-likeness (QED) is 0.347. The Bertz CT molecular complexity index is 1360. The second kappa shape index (κ2) is 12.9. The third-order valence-corrected chi connectivity index (χ3v) is 7.11. The third-order valence-electron chi connectivity index (χ3n) is 6.14. The molecule has 9 nitrogen and oxygen atoms in total. The maximum atomic E-state index is 13.3. The summed E-state index contributed by atoms with van der Waals surface area (Å²) >= 11 is 1.49. The number of halogens is 2. The number of carbonyl (C=O) groups excluding carboxylic acids is 2. The highest BCUT2D eigenvalue weighted by atomic mass is 32.1. The van der Waals surface area contributed by atoms with Crippen LogP contribution >= 0.6 is 11.3 Å². The number of aromatic nitrogens is 2. The molecule has 220 valence electrons. The first-order valence-electron chi connectivity index (χ1n) is 13.2. The number of alkyl halides is 2. The summed E-state index contributed by atoms with van der Waals surface area (Å²) in [5, 5.41) is 3.62. The molecular formula is C29H34F2N4O5S. The van der Waals surface area contributed by atoms with Crippen molar-refractivity contribution in [2.75, 3.05) is 26.3 Å². The fraction of sp³-hybridized carbons (Fsp3) is 0.448. The number of hydrogen-bond donors (Lipinski definition) is 1. The van der Waals surface area contributed by atoms with E-state index in [1.54, 1.807) is 36.2 Å². The SMILES string of the molecule is Cc1cnc(-c2cc(OC[C@H]3CN(C(=O)OC(C)(C)C)CCO3)cc(C(=O)N[C@H](C)c3ccc(C(F)F)nc3)c2)s1. The summed E-state index contributed by atoms with van der Waals surface area (Å²) in [4.78, 5) is 36.6. The zero-order chi connectivity index (χ0) is 29.7. The van der Waals surface area contributed by atoms with Crippen LogP contribution in [0.1, 0.15) is 66.7 Å². The van der Waals surface area contributed by atoms with Gasteiger partial charge in [0.1, 0.15) is 34.8 Å². The molecule has 0 saturated carbocycles. The van der Waals surface area contributed by atoms with Gasteiger partial charge in [0.2, 0.25) is 0 Å². The van der Waals surface area contributed by atoms with Gasteiger partial charge in [0.05, 0.1) is 19.2 Å². The van der Waals surface area contributed by atoms with Crippen LogP contribution in [0.2, 0.25) is 0 Å². The number of benzene rings is 1. The molecule has 0 aliphatic carbocycles. The highest BCUT2D eigenvalue weighted by Gasteiger charge is 2.28. The molecule has 12 heteroatoms. The minimum Gasteiger partial charge on any atom is -0.491 e. The first kappa shape index (κ1) is 30.3. The van der Waals surface area contributed by atoms with E-state index in [9.17, 15) is 18.4 Å². The lowest BCUT2D eigenvalue weighted by molar-refractivity contribution is -0.0557. The average Bonchev–Trinajstić information content (AvgIpc) is 3.37. The predicted molar refractivity (Wildman–Crippen MR) is 150 cm³/mol. The van der Waals surface area contributed by atoms with Crippen LogP contribution in [-0.4, -0.2) is 64.9 Å². The third kappa shape index (κ3) is 8.43. The van der Waals surface area contributed by atoms with Crippen LogP contribution in [0.15, 0.2) is 42.7 Å². The van der Waals surface area contributed by atoms with E-state index < -0.39 is 24.2 Å². The van der Waals surface area contributed by atoms with Gasteiger partial charge in [0.25, 0.3) is 12.3 Å². The Hall–Kier alpha value is -3.64. The molecule has 0 radical (unpaired) electrons. The Kier molecular flexibility index (Phi) is 9.54. The van der Waals surface area contributed by atoms with Gasteiger partial charge in [-0.3, -0.25) is 9.78 Å². The van der Waals surface area contributed by atoms with Gasteiger partial charge in [0, 0.05) is 34.9 Å². The van der Waals surface area contributed by atoms with Crippen LogP contribution < -0.4 is 10.1 Å². The number of ether oxygens (including phenoxy) is 3. The first-order valence-corrected chi connectivity index (χ1v) is 14.0. The molecule has 1 fully saturated rings. The molecular weight excluding hydrogens is 554 g/mol. The van der Waals surface area contributed by atoms with Crippen LogP contribution in [0, 0.1) is 6.92 Å². The fourth-order valence-corrected chi connectivity index (χ4v) is 4.84. The smallest absolute Gasteiger partial charge is 0.410 e. The van der Waals surface area contributed by atoms with Crippen molar-refractivity contribution in [2.45, 2.75) is 58.8 Å². The van der Waals surface area contributed by atoms with Crippen molar-refractivity contribution in [2.24, 2.45) is 0 Å². The Morgan fingerprint density at radius 2 is 1.98 bits per heavy atom. The number of morpholine rings is 1. The second-order valence-corrected chi connectivity index (χ2v) is 12.0. The lowest BCUT2D eigenvalue weighted by atomic mass is 10.1. The summed E-state index contributed by atoms with van der Waals surface area (Å²) in [6.45, 7) is 10.4. The molecule has 1 aromatic carbocycles. The molecule has 3 heterocycles. The maximum absolute atomic E-state index is 13.3. The maximum Gasteiger partial charge on any atom is 0.410 e. The van der Waals surface area contributed by atoms with Crippen molar-refractivity contribution in [3.8, 4) is 16.3 Å². The highest BCUT2D eigenvalue weighted by Crippen LogP contribution is 2.30. The van der Waals surface area contributed by atoms with Crippen molar-refractivity contribution in [3.05, 3.63) is 64.4 Å². The highest BCUT2D eigenvalue weighted by molar-refractivity contribution is 7.14. The minimum atomic E-state index is -2.66. The van der Waals surface area contributed by atoms with E-state index >= 15 is 0 Å². The van der Waals surface area contributed by atoms with Crippen LogP contribution in [0.4, 0.5) is 13.6 Å². The van der Waals surface area contributed by atoms with Gasteiger partial charge in [-0.15, -0.1) is 11.3 Å². The lowest BCUT2D eigenvalue weighted by Gasteiger charge is -2.34. The summed E-state index contributed by atoms with van der Waals surface area (Å²) in [5.74, 6) is 0.0644. The summed E-state index contributed by atoms with van der Waals surface area (Å²) < 4.78 is 43.1. The molecule has 2 atom stereocenters. The number of amides is 2. The topological polar surface area (TPSA) is 103 Å². The number of rotatable bonds is 8. The Balaban J connectivity index is 1.48. The summed E-state index contributed by atoms with van der Waals surface area (Å²) in [6.07, 6.45) is -0.362. The molecule has 2 aromatic heterocycles. The lowest BCUT2D eigenvalue weighted by Crippen LogP contribution is -2.49. The number of hydrogen-bond acceptors (Lipinski definition) is 8. The molecule has 3 aromatic rings. The Morgan fingerprint density at radius 3 is 2.61 bits per heavy atom. The van der Waals surface area contributed by atoms with E-state index in [-0.39, 0.29) is 24.3 Å². The zero-order valence-electron chi connectivity index (χ0n) is 23.6. The van der Waals surface area contributed by atoms with Crippen molar-refractivity contribution < 1.29 is 32.6 Å². The van der Waals surface area contributed by atoms with Crippen LogP contribution in [0.25, 0.3) is 10.6 Å². The summed E-state index contributed by atoms with van der Waals surface area (Å²) in [5.41, 5.74) is 0.721. The summed E-state index contributed by atoms with van der Waals surface area (Å²) in [7, 11) is 0. The normalized spacial score (nSPS) is 16.4. The number of aryl methyl sites for hydroxylation is 1.